The van der Waals surface area contributed by atoms with Gasteiger partial charge in [0.2, 0.25) is 0 Å². The number of benzene rings is 1. The number of hydrogen-bond donors (Lipinski definition) is 2. The zero-order valence-electron chi connectivity index (χ0n) is 14.1. The second kappa shape index (κ2) is 7.53. The molecule has 3 aromatic rings. The van der Waals surface area contributed by atoms with Crippen molar-refractivity contribution >= 4 is 33.7 Å². The molecular formula is C21H20N4. The minimum absolute atomic E-state index is 0.704. The molecule has 2 heterocycles. The highest BCUT2D eigenvalue weighted by molar-refractivity contribution is 6.07. The molecule has 25 heavy (non-hydrogen) atoms. The second-order valence-corrected chi connectivity index (χ2v) is 5.63. The van der Waals surface area contributed by atoms with Gasteiger partial charge in [0, 0.05) is 40.6 Å². The van der Waals surface area contributed by atoms with Gasteiger partial charge in [-0.3, -0.25) is 9.97 Å². The summed E-state index contributed by atoms with van der Waals surface area (Å²) >= 11 is 0. The molecular weight excluding hydrogens is 308 g/mol. The summed E-state index contributed by atoms with van der Waals surface area (Å²) in [7, 11) is 0. The first-order chi connectivity index (χ1) is 12.3. The maximum atomic E-state index is 7.10. The molecule has 0 spiro atoms. The molecule has 0 saturated heterocycles. The zero-order chi connectivity index (χ0) is 17.6. The Balaban J connectivity index is 2.21. The number of hydrogen-bond acceptors (Lipinski definition) is 4. The molecule has 0 unspecified atom stereocenters. The minimum atomic E-state index is 0.704. The van der Waals surface area contributed by atoms with Crippen LogP contribution >= 0.6 is 0 Å². The van der Waals surface area contributed by atoms with Crippen molar-refractivity contribution in [3.8, 4) is 0 Å². The summed E-state index contributed by atoms with van der Waals surface area (Å²) in [5, 5.41) is 9.16. The van der Waals surface area contributed by atoms with Gasteiger partial charge in [0.25, 0.3) is 0 Å². The summed E-state index contributed by atoms with van der Waals surface area (Å²) in [6.45, 7) is 1.96. The van der Waals surface area contributed by atoms with E-state index in [-0.39, 0.29) is 0 Å². The Kier molecular flexibility index (Phi) is 5.00. The van der Waals surface area contributed by atoms with Crippen LogP contribution < -0.4 is 5.73 Å². The third kappa shape index (κ3) is 3.33. The Bertz CT molecular complexity index is 1010. The third-order valence-corrected chi connectivity index (χ3v) is 4.06. The van der Waals surface area contributed by atoms with Crippen LogP contribution in [0.15, 0.2) is 67.0 Å². The van der Waals surface area contributed by atoms with Crippen molar-refractivity contribution in [3.63, 3.8) is 0 Å². The van der Waals surface area contributed by atoms with Crippen molar-refractivity contribution in [1.82, 2.24) is 9.97 Å². The monoisotopic (exact) mass is 328 g/mol. The normalized spacial score (nSPS) is 12.6. The minimum Gasteiger partial charge on any atom is -0.398 e. The summed E-state index contributed by atoms with van der Waals surface area (Å²) in [6, 6.07) is 8.07. The first-order valence-corrected chi connectivity index (χ1v) is 8.16. The second-order valence-electron chi connectivity index (χ2n) is 5.63. The van der Waals surface area contributed by atoms with Crippen molar-refractivity contribution in [2.75, 3.05) is 0 Å². The summed E-state index contributed by atoms with van der Waals surface area (Å²) in [5.41, 5.74) is 10.8. The van der Waals surface area contributed by atoms with Gasteiger partial charge in [-0.2, -0.15) is 0 Å². The van der Waals surface area contributed by atoms with Crippen LogP contribution in [0.1, 0.15) is 18.1 Å². The van der Waals surface area contributed by atoms with Crippen LogP contribution in [-0.2, 0) is 6.42 Å². The molecule has 2 aromatic heterocycles. The number of pyridine rings is 2. The van der Waals surface area contributed by atoms with Gasteiger partial charge >= 0.3 is 0 Å². The molecule has 4 heteroatoms. The van der Waals surface area contributed by atoms with Crippen LogP contribution in [0.25, 0.3) is 27.5 Å². The summed E-state index contributed by atoms with van der Waals surface area (Å²) in [4.78, 5) is 9.11. The quantitative estimate of drug-likeness (QED) is 0.414. The van der Waals surface area contributed by atoms with E-state index in [2.05, 4.69) is 22.1 Å². The fraction of sp³-hybridized carbons (Fsp3) is 0.0952. The topological polar surface area (TPSA) is 75.7 Å². The Hall–Kier alpha value is -3.27. The molecule has 1 aromatic carbocycles. The number of allylic oxidation sites excluding steroid dienone is 5. The lowest BCUT2D eigenvalue weighted by Gasteiger charge is -2.10. The van der Waals surface area contributed by atoms with Gasteiger partial charge in [-0.15, -0.1) is 0 Å². The van der Waals surface area contributed by atoms with E-state index in [4.69, 9.17) is 11.1 Å². The average Bonchev–Trinajstić information content (AvgIpc) is 2.65. The zero-order valence-corrected chi connectivity index (χ0v) is 14.1. The molecule has 124 valence electrons. The first-order valence-electron chi connectivity index (χ1n) is 8.16. The lowest BCUT2D eigenvalue weighted by molar-refractivity contribution is 1.26. The van der Waals surface area contributed by atoms with Crippen LogP contribution in [0, 0.1) is 5.41 Å². The Morgan fingerprint density at radius 2 is 1.76 bits per heavy atom. The van der Waals surface area contributed by atoms with Crippen molar-refractivity contribution in [2.24, 2.45) is 5.73 Å². The van der Waals surface area contributed by atoms with Gasteiger partial charge in [-0.25, -0.2) is 0 Å². The Morgan fingerprint density at radius 1 is 1.04 bits per heavy atom. The predicted octanol–water partition coefficient (Wildman–Crippen LogP) is 4.41. The lowest BCUT2D eigenvalue weighted by Crippen LogP contribution is -1.99. The third-order valence-electron chi connectivity index (χ3n) is 4.06. The molecule has 0 fully saturated rings. The van der Waals surface area contributed by atoms with Crippen molar-refractivity contribution in [3.05, 3.63) is 78.2 Å². The number of nitrogens with zero attached hydrogens (tertiary/aromatic N) is 2. The standard InChI is InChI=1S/C21H20N4/c1-2-3-7-19(23)17-11-14-25-21-18(17)9-8-16-15(6-4-5-12-22)10-13-24-20(16)21/h2-5,7-14,22H,6,23H2,1H3/b3-2-,5-4-,19-7-,22-12?. The van der Waals surface area contributed by atoms with Gasteiger partial charge in [0.15, 0.2) is 0 Å². The number of aromatic nitrogens is 2. The molecule has 0 bridgehead atoms. The molecule has 0 aliphatic rings. The van der Waals surface area contributed by atoms with Crippen LogP contribution in [0.4, 0.5) is 0 Å². The van der Waals surface area contributed by atoms with E-state index in [0.717, 1.165) is 39.4 Å². The smallest absolute Gasteiger partial charge is 0.0971 e. The number of fused-ring (bicyclic) bond motifs is 3. The van der Waals surface area contributed by atoms with Gasteiger partial charge in [-0.05, 0) is 43.2 Å². The van der Waals surface area contributed by atoms with Crippen LogP contribution in [-0.4, -0.2) is 16.2 Å². The van der Waals surface area contributed by atoms with E-state index in [0.29, 0.717) is 5.70 Å². The van der Waals surface area contributed by atoms with Crippen molar-refractivity contribution in [2.45, 2.75) is 13.3 Å². The predicted molar refractivity (Wildman–Crippen MR) is 106 cm³/mol. The van der Waals surface area contributed by atoms with Gasteiger partial charge < -0.3 is 11.1 Å². The van der Waals surface area contributed by atoms with E-state index in [1.54, 1.807) is 12.3 Å². The molecule has 0 atom stereocenters. The van der Waals surface area contributed by atoms with Gasteiger partial charge in [-0.1, -0.05) is 30.4 Å². The molecule has 0 saturated carbocycles. The van der Waals surface area contributed by atoms with E-state index in [1.807, 2.05) is 49.6 Å². The summed E-state index contributed by atoms with van der Waals surface area (Å²) < 4.78 is 0. The molecule has 0 radical (unpaired) electrons. The number of nitrogens with two attached hydrogens (primary N) is 1. The highest BCUT2D eigenvalue weighted by atomic mass is 14.7. The van der Waals surface area contributed by atoms with Crippen LogP contribution in [0.2, 0.25) is 0 Å². The molecule has 0 aliphatic carbocycles. The van der Waals surface area contributed by atoms with Gasteiger partial charge in [0.1, 0.15) is 0 Å². The van der Waals surface area contributed by atoms with Crippen LogP contribution in [0.3, 0.4) is 0 Å². The van der Waals surface area contributed by atoms with E-state index in [9.17, 15) is 0 Å². The molecule has 0 amide bonds. The highest BCUT2D eigenvalue weighted by Crippen LogP contribution is 2.28. The van der Waals surface area contributed by atoms with Gasteiger partial charge in [0.05, 0.1) is 11.0 Å². The Labute approximate surface area is 146 Å². The molecule has 0 aliphatic heterocycles. The van der Waals surface area contributed by atoms with Crippen LogP contribution in [0.5, 0.6) is 0 Å². The van der Waals surface area contributed by atoms with E-state index in [1.165, 1.54) is 6.21 Å². The molecule has 3 N–H and O–H groups in total. The molecule has 4 nitrogen and oxygen atoms in total. The average molecular weight is 328 g/mol. The SMILES string of the molecule is C/C=C\C=C(/N)c1ccnc2c1ccc1c(C/C=C\C=N)ccnc12. The first kappa shape index (κ1) is 16.6. The maximum Gasteiger partial charge on any atom is 0.0971 e. The van der Waals surface area contributed by atoms with E-state index >= 15 is 0 Å². The fourth-order valence-corrected chi connectivity index (χ4v) is 2.87. The highest BCUT2D eigenvalue weighted by Gasteiger charge is 2.10. The lowest BCUT2D eigenvalue weighted by atomic mass is 10.0. The summed E-state index contributed by atoms with van der Waals surface area (Å²) in [6.07, 6.45) is 15.1. The van der Waals surface area contributed by atoms with Crippen molar-refractivity contribution in [1.29, 1.82) is 5.41 Å². The largest absolute Gasteiger partial charge is 0.398 e. The van der Waals surface area contributed by atoms with E-state index < -0.39 is 0 Å². The maximum absolute atomic E-state index is 7.10. The molecule has 3 rings (SSSR count). The number of rotatable bonds is 5. The van der Waals surface area contributed by atoms with Crippen molar-refractivity contribution < 1.29 is 0 Å². The Morgan fingerprint density at radius 3 is 2.52 bits per heavy atom. The fourth-order valence-electron chi connectivity index (χ4n) is 2.87. The summed E-state index contributed by atoms with van der Waals surface area (Å²) in [5.74, 6) is 0. The number of nitrogens with one attached hydrogen (secondary N) is 1.